The molecule has 3 heterocycles. The molecule has 23 heavy (non-hydrogen) atoms. The number of hydrogen-bond acceptors (Lipinski definition) is 5. The van der Waals surface area contributed by atoms with Crippen molar-refractivity contribution in [1.82, 2.24) is 30.1 Å². The van der Waals surface area contributed by atoms with Crippen LogP contribution in [0.2, 0.25) is 0 Å². The second-order valence-corrected chi connectivity index (χ2v) is 5.98. The Hall–Kier alpha value is -2.51. The Morgan fingerprint density at radius 2 is 2.09 bits per heavy atom. The summed E-state index contributed by atoms with van der Waals surface area (Å²) < 4.78 is 1.87. The summed E-state index contributed by atoms with van der Waals surface area (Å²) in [7, 11) is 0. The highest BCUT2D eigenvalue weighted by Gasteiger charge is 2.39. The average Bonchev–Trinajstić information content (AvgIpc) is 3.30. The highest BCUT2D eigenvalue weighted by Crippen LogP contribution is 2.30. The lowest BCUT2D eigenvalue weighted by atomic mass is 10.00. The molecule has 1 aromatic carbocycles. The first-order valence-electron chi connectivity index (χ1n) is 7.63. The standard InChI is InChI=1S/C16H18N6O/c23-16(15-9-17-20-19-15)6-7-21(12-16)10-13-8-18-22(11-13)14-4-2-1-3-5-14/h1-5,8-9,11,23H,6-7,10,12H2,(H,17,19,20). The summed E-state index contributed by atoms with van der Waals surface area (Å²) >= 11 is 0. The zero-order valence-corrected chi connectivity index (χ0v) is 12.6. The van der Waals surface area contributed by atoms with E-state index in [0.29, 0.717) is 18.7 Å². The number of aliphatic hydroxyl groups is 1. The largest absolute Gasteiger partial charge is 0.382 e. The summed E-state index contributed by atoms with van der Waals surface area (Å²) in [5, 5.41) is 25.5. The van der Waals surface area contributed by atoms with Gasteiger partial charge in [0.15, 0.2) is 0 Å². The first-order valence-corrected chi connectivity index (χ1v) is 7.63. The van der Waals surface area contributed by atoms with E-state index in [9.17, 15) is 5.11 Å². The van der Waals surface area contributed by atoms with Crippen LogP contribution in [0.4, 0.5) is 0 Å². The predicted molar refractivity (Wildman–Crippen MR) is 83.7 cm³/mol. The topological polar surface area (TPSA) is 82.9 Å². The second-order valence-electron chi connectivity index (χ2n) is 5.98. The molecule has 7 heteroatoms. The molecule has 1 fully saturated rings. The number of H-pyrrole nitrogens is 1. The molecule has 1 saturated heterocycles. The third-order valence-corrected chi connectivity index (χ3v) is 4.28. The monoisotopic (exact) mass is 310 g/mol. The Morgan fingerprint density at radius 1 is 1.22 bits per heavy atom. The molecule has 0 bridgehead atoms. The second kappa shape index (κ2) is 5.60. The summed E-state index contributed by atoms with van der Waals surface area (Å²) in [6.45, 7) is 2.13. The van der Waals surface area contributed by atoms with Crippen molar-refractivity contribution in [2.75, 3.05) is 13.1 Å². The van der Waals surface area contributed by atoms with Crippen LogP contribution in [0.3, 0.4) is 0 Å². The van der Waals surface area contributed by atoms with Gasteiger partial charge in [0.1, 0.15) is 11.3 Å². The molecule has 7 nitrogen and oxygen atoms in total. The molecule has 1 aliphatic heterocycles. The highest BCUT2D eigenvalue weighted by atomic mass is 16.3. The van der Waals surface area contributed by atoms with E-state index >= 15 is 0 Å². The van der Waals surface area contributed by atoms with E-state index in [2.05, 4.69) is 25.4 Å². The van der Waals surface area contributed by atoms with Crippen molar-refractivity contribution >= 4 is 0 Å². The van der Waals surface area contributed by atoms with Crippen LogP contribution < -0.4 is 0 Å². The van der Waals surface area contributed by atoms with Crippen LogP contribution in [0.15, 0.2) is 48.9 Å². The lowest BCUT2D eigenvalue weighted by Crippen LogP contribution is -2.31. The maximum absolute atomic E-state index is 10.7. The molecule has 1 unspecified atom stereocenters. The Labute approximate surface area is 133 Å². The first-order chi connectivity index (χ1) is 11.2. The Balaban J connectivity index is 1.45. The third kappa shape index (κ3) is 2.76. The van der Waals surface area contributed by atoms with Crippen molar-refractivity contribution < 1.29 is 5.11 Å². The van der Waals surface area contributed by atoms with Crippen LogP contribution in [-0.4, -0.2) is 48.3 Å². The minimum Gasteiger partial charge on any atom is -0.382 e. The molecule has 0 amide bonds. The quantitative estimate of drug-likeness (QED) is 0.753. The zero-order chi connectivity index (χ0) is 15.7. The fraction of sp³-hybridized carbons (Fsp3) is 0.312. The van der Waals surface area contributed by atoms with E-state index in [1.54, 1.807) is 6.20 Å². The maximum atomic E-state index is 10.7. The number of β-amino-alcohol motifs (C(OH)–C–C–N with tert-alkyl or cyclic N) is 1. The summed E-state index contributed by atoms with van der Waals surface area (Å²) in [5.74, 6) is 0. The number of nitrogens with zero attached hydrogens (tertiary/aromatic N) is 5. The van der Waals surface area contributed by atoms with E-state index in [1.807, 2.05) is 47.4 Å². The molecular formula is C16H18N6O. The van der Waals surface area contributed by atoms with Crippen molar-refractivity contribution in [3.8, 4) is 5.69 Å². The van der Waals surface area contributed by atoms with Crippen LogP contribution in [0.5, 0.6) is 0 Å². The predicted octanol–water partition coefficient (Wildman–Crippen LogP) is 1.08. The molecule has 3 aromatic rings. The first kappa shape index (κ1) is 14.1. The van der Waals surface area contributed by atoms with Gasteiger partial charge in [-0.1, -0.05) is 18.2 Å². The van der Waals surface area contributed by atoms with Crippen molar-refractivity contribution in [3.05, 3.63) is 60.2 Å². The van der Waals surface area contributed by atoms with Crippen LogP contribution in [-0.2, 0) is 12.1 Å². The molecular weight excluding hydrogens is 292 g/mol. The van der Waals surface area contributed by atoms with Gasteiger partial charge < -0.3 is 5.11 Å². The lowest BCUT2D eigenvalue weighted by molar-refractivity contribution is 0.0409. The Bertz CT molecular complexity index is 769. The van der Waals surface area contributed by atoms with Crippen LogP contribution >= 0.6 is 0 Å². The summed E-state index contributed by atoms with van der Waals surface area (Å²) in [6.07, 6.45) is 6.16. The van der Waals surface area contributed by atoms with E-state index in [4.69, 9.17) is 0 Å². The van der Waals surface area contributed by atoms with Gasteiger partial charge in [-0.05, 0) is 18.6 Å². The highest BCUT2D eigenvalue weighted by molar-refractivity contribution is 5.30. The lowest BCUT2D eigenvalue weighted by Gasteiger charge is -2.20. The molecule has 2 aromatic heterocycles. The fourth-order valence-electron chi connectivity index (χ4n) is 3.06. The summed E-state index contributed by atoms with van der Waals surface area (Å²) in [6, 6.07) is 10.0. The van der Waals surface area contributed by atoms with Gasteiger partial charge >= 0.3 is 0 Å². The van der Waals surface area contributed by atoms with Crippen molar-refractivity contribution in [1.29, 1.82) is 0 Å². The minimum absolute atomic E-state index is 0.552. The van der Waals surface area contributed by atoms with Gasteiger partial charge in [-0.15, -0.1) is 0 Å². The molecule has 0 spiro atoms. The fourth-order valence-corrected chi connectivity index (χ4v) is 3.06. The SMILES string of the molecule is OC1(c2cn[nH]n2)CCN(Cc2cnn(-c3ccccc3)c2)C1. The molecule has 118 valence electrons. The molecule has 1 aliphatic rings. The molecule has 0 radical (unpaired) electrons. The van der Waals surface area contributed by atoms with Crippen LogP contribution in [0.25, 0.3) is 5.69 Å². The van der Waals surface area contributed by atoms with E-state index in [1.165, 1.54) is 0 Å². The number of para-hydroxylation sites is 1. The third-order valence-electron chi connectivity index (χ3n) is 4.28. The number of likely N-dealkylation sites (tertiary alicyclic amines) is 1. The number of benzene rings is 1. The smallest absolute Gasteiger partial charge is 0.124 e. The van der Waals surface area contributed by atoms with E-state index in [0.717, 1.165) is 24.3 Å². The molecule has 1 atom stereocenters. The summed E-state index contributed by atoms with van der Waals surface area (Å²) in [4.78, 5) is 2.21. The van der Waals surface area contributed by atoms with Gasteiger partial charge in [-0.3, -0.25) is 4.90 Å². The van der Waals surface area contributed by atoms with Gasteiger partial charge in [0, 0.05) is 31.4 Å². The molecule has 2 N–H and O–H groups in total. The minimum atomic E-state index is -0.914. The average molecular weight is 310 g/mol. The summed E-state index contributed by atoms with van der Waals surface area (Å²) in [5.41, 5.74) is 1.86. The van der Waals surface area contributed by atoms with Gasteiger partial charge in [0.05, 0.1) is 18.1 Å². The maximum Gasteiger partial charge on any atom is 0.124 e. The van der Waals surface area contributed by atoms with Crippen molar-refractivity contribution in [2.45, 2.75) is 18.6 Å². The molecule has 0 saturated carbocycles. The van der Waals surface area contributed by atoms with Crippen LogP contribution in [0, 0.1) is 0 Å². The van der Waals surface area contributed by atoms with Gasteiger partial charge in [0.2, 0.25) is 0 Å². The Kier molecular flexibility index (Phi) is 3.44. The molecule has 0 aliphatic carbocycles. The van der Waals surface area contributed by atoms with Crippen LogP contribution in [0.1, 0.15) is 17.7 Å². The number of aromatic nitrogens is 5. The van der Waals surface area contributed by atoms with E-state index < -0.39 is 5.60 Å². The zero-order valence-electron chi connectivity index (χ0n) is 12.6. The number of hydrogen-bond donors (Lipinski definition) is 2. The van der Waals surface area contributed by atoms with Gasteiger partial charge in [-0.2, -0.15) is 20.5 Å². The van der Waals surface area contributed by atoms with Crippen molar-refractivity contribution in [2.24, 2.45) is 0 Å². The molecule has 4 rings (SSSR count). The normalized spacial score (nSPS) is 21.8. The number of aromatic amines is 1. The van der Waals surface area contributed by atoms with Gasteiger partial charge in [0.25, 0.3) is 0 Å². The van der Waals surface area contributed by atoms with Gasteiger partial charge in [-0.25, -0.2) is 4.68 Å². The number of rotatable bonds is 4. The number of nitrogens with one attached hydrogen (secondary N) is 1. The van der Waals surface area contributed by atoms with Crippen molar-refractivity contribution in [3.63, 3.8) is 0 Å². The Morgan fingerprint density at radius 3 is 2.87 bits per heavy atom. The van der Waals surface area contributed by atoms with E-state index in [-0.39, 0.29) is 0 Å².